The van der Waals surface area contributed by atoms with Crippen molar-refractivity contribution in [2.75, 3.05) is 20.3 Å². The number of hydrogen-bond acceptors (Lipinski definition) is 7. The van der Waals surface area contributed by atoms with Crippen LogP contribution in [0.15, 0.2) is 54.1 Å². The third kappa shape index (κ3) is 7.87. The van der Waals surface area contributed by atoms with Crippen LogP contribution in [0.5, 0.6) is 11.5 Å². The highest BCUT2D eigenvalue weighted by Gasteiger charge is 2.41. The number of ether oxygens (including phenoxy) is 2. The van der Waals surface area contributed by atoms with Crippen LogP contribution in [0.1, 0.15) is 54.4 Å². The topological polar surface area (TPSA) is 125 Å². The van der Waals surface area contributed by atoms with Gasteiger partial charge in [-0.2, -0.15) is 0 Å². The first-order valence-corrected chi connectivity index (χ1v) is 15.0. The number of nitrogens with one attached hydrogen (secondary N) is 1. The number of amides is 2. The fourth-order valence-electron chi connectivity index (χ4n) is 5.59. The van der Waals surface area contributed by atoms with Gasteiger partial charge in [-0.15, -0.1) is 0 Å². The molecule has 0 heterocycles. The van der Waals surface area contributed by atoms with E-state index in [2.05, 4.69) is 5.32 Å². The van der Waals surface area contributed by atoms with Crippen LogP contribution in [-0.4, -0.2) is 71.7 Å². The molecule has 9 nitrogen and oxygen atoms in total. The second-order valence-electron chi connectivity index (χ2n) is 10.5. The molecule has 220 valence electrons. The number of carbonyl (C=O) groups is 3. The molecule has 1 fully saturated rings. The molecule has 0 aliphatic heterocycles. The van der Waals surface area contributed by atoms with Gasteiger partial charge in [-0.05, 0) is 65.1 Å². The van der Waals surface area contributed by atoms with Crippen molar-refractivity contribution in [2.45, 2.75) is 63.3 Å². The summed E-state index contributed by atoms with van der Waals surface area (Å²) in [5.41, 5.74) is 1.68. The Labute approximate surface area is 254 Å². The Bertz CT molecular complexity index is 1250. The first-order chi connectivity index (χ1) is 19.8. The maximum Gasteiger partial charge on any atom is 0.247 e. The Kier molecular flexibility index (Phi) is 11.2. The quantitative estimate of drug-likeness (QED) is 0.232. The predicted molar refractivity (Wildman–Crippen MR) is 162 cm³/mol. The molecule has 2 aliphatic rings. The van der Waals surface area contributed by atoms with E-state index in [-0.39, 0.29) is 32.0 Å². The predicted octanol–water partition coefficient (Wildman–Crippen LogP) is 3.64. The lowest BCUT2D eigenvalue weighted by atomic mass is 9.87. The summed E-state index contributed by atoms with van der Waals surface area (Å²) < 4.78 is 12.4. The van der Waals surface area contributed by atoms with Gasteiger partial charge < -0.3 is 29.9 Å². The van der Waals surface area contributed by atoms with Crippen LogP contribution in [0.4, 0.5) is 0 Å². The number of aliphatic hydroxyl groups excluding tert-OH is 2. The molecule has 0 radical (unpaired) electrons. The number of halogens is 1. The van der Waals surface area contributed by atoms with Gasteiger partial charge in [0.25, 0.3) is 0 Å². The molecule has 0 saturated heterocycles. The number of rotatable bonds is 12. The van der Waals surface area contributed by atoms with Crippen LogP contribution in [0.25, 0.3) is 0 Å². The summed E-state index contributed by atoms with van der Waals surface area (Å²) in [6.45, 7) is 0.132. The third-order valence-corrected chi connectivity index (χ3v) is 8.51. The summed E-state index contributed by atoms with van der Waals surface area (Å²) >= 11 is 2.03. The van der Waals surface area contributed by atoms with Crippen LogP contribution < -0.4 is 14.8 Å². The summed E-state index contributed by atoms with van der Waals surface area (Å²) in [4.78, 5) is 40.1. The van der Waals surface area contributed by atoms with E-state index in [4.69, 9.17) is 9.47 Å². The lowest BCUT2D eigenvalue weighted by Gasteiger charge is -2.41. The van der Waals surface area contributed by atoms with E-state index >= 15 is 0 Å². The number of benzene rings is 2. The average molecular weight is 677 g/mol. The van der Waals surface area contributed by atoms with Gasteiger partial charge in [0.2, 0.25) is 11.8 Å². The highest BCUT2D eigenvalue weighted by Crippen LogP contribution is 2.37. The standard InChI is InChI=1S/C31H37IN2O7/c1-40-27-14-22(19-36)13-24(32)30(27)41-26-17-23(31(39)33-11-12-35)16-25(29(26)38)34(18-21-9-3-2-4-10-21)28(37)15-20-7-5-6-8-20/h2-4,9-10,13-14,17,19-20,25-26,29,35,38H,5-8,11-12,15-16,18H2,1H3,(H,33,39)/t25-,26+,29+/m1/s1. The van der Waals surface area contributed by atoms with Gasteiger partial charge in [0.05, 0.1) is 23.3 Å². The van der Waals surface area contributed by atoms with Gasteiger partial charge in [-0.1, -0.05) is 43.2 Å². The highest BCUT2D eigenvalue weighted by molar-refractivity contribution is 14.1. The van der Waals surface area contributed by atoms with E-state index in [1.54, 1.807) is 23.1 Å². The fraction of sp³-hybridized carbons (Fsp3) is 0.452. The monoisotopic (exact) mass is 676 g/mol. The first kappa shape index (κ1) is 31.0. The van der Waals surface area contributed by atoms with Crippen molar-refractivity contribution >= 4 is 40.7 Å². The van der Waals surface area contributed by atoms with E-state index < -0.39 is 24.2 Å². The Morgan fingerprint density at radius 1 is 1.17 bits per heavy atom. The molecule has 3 atom stereocenters. The molecule has 0 bridgehead atoms. The Balaban J connectivity index is 1.70. The molecule has 41 heavy (non-hydrogen) atoms. The zero-order valence-corrected chi connectivity index (χ0v) is 25.3. The summed E-state index contributed by atoms with van der Waals surface area (Å²) in [5, 5.41) is 23.7. The minimum atomic E-state index is -1.16. The molecule has 0 aromatic heterocycles. The first-order valence-electron chi connectivity index (χ1n) is 13.9. The van der Waals surface area contributed by atoms with Crippen molar-refractivity contribution in [3.8, 4) is 11.5 Å². The van der Waals surface area contributed by atoms with E-state index in [1.807, 2.05) is 52.9 Å². The van der Waals surface area contributed by atoms with Crippen molar-refractivity contribution in [3.05, 3.63) is 68.8 Å². The fourth-order valence-corrected chi connectivity index (χ4v) is 6.34. The van der Waals surface area contributed by atoms with E-state index in [1.165, 1.54) is 7.11 Å². The summed E-state index contributed by atoms with van der Waals surface area (Å²) in [7, 11) is 1.46. The van der Waals surface area contributed by atoms with Gasteiger partial charge in [0, 0.05) is 37.1 Å². The summed E-state index contributed by atoms with van der Waals surface area (Å²) in [5.74, 6) is 0.472. The highest BCUT2D eigenvalue weighted by atomic mass is 127. The minimum Gasteiger partial charge on any atom is -0.493 e. The zero-order chi connectivity index (χ0) is 29.4. The number of methoxy groups -OCH3 is 1. The van der Waals surface area contributed by atoms with Crippen molar-refractivity contribution in [2.24, 2.45) is 5.92 Å². The van der Waals surface area contributed by atoms with Crippen LogP contribution >= 0.6 is 22.6 Å². The molecular weight excluding hydrogens is 639 g/mol. The Morgan fingerprint density at radius 2 is 1.90 bits per heavy atom. The molecule has 0 unspecified atom stereocenters. The number of carbonyl (C=O) groups excluding carboxylic acids is 3. The summed E-state index contributed by atoms with van der Waals surface area (Å²) in [6.07, 6.45) is 4.87. The van der Waals surface area contributed by atoms with Crippen molar-refractivity contribution in [1.82, 2.24) is 10.2 Å². The summed E-state index contributed by atoms with van der Waals surface area (Å²) in [6, 6.07) is 12.0. The molecule has 0 spiro atoms. The molecule has 2 aromatic carbocycles. The largest absolute Gasteiger partial charge is 0.493 e. The SMILES string of the molecule is COc1cc(C=O)cc(I)c1O[C@H]1C=C(C(=O)NCCO)C[C@@H](N(Cc2ccccc2)C(=O)CC2CCCC2)[C@@H]1O. The second-order valence-corrected chi connectivity index (χ2v) is 11.7. The Morgan fingerprint density at radius 3 is 2.56 bits per heavy atom. The average Bonchev–Trinajstić information content (AvgIpc) is 3.50. The molecular formula is C31H37IN2O7. The number of aldehydes is 1. The molecule has 10 heteroatoms. The van der Waals surface area contributed by atoms with E-state index in [0.717, 1.165) is 31.2 Å². The molecule has 1 saturated carbocycles. The second kappa shape index (κ2) is 14.8. The number of aliphatic hydroxyl groups is 2. The van der Waals surface area contributed by atoms with Crippen molar-refractivity contribution < 1.29 is 34.1 Å². The third-order valence-electron chi connectivity index (χ3n) is 7.71. The van der Waals surface area contributed by atoms with Gasteiger partial charge in [0.15, 0.2) is 11.5 Å². The van der Waals surface area contributed by atoms with Gasteiger partial charge in [0.1, 0.15) is 18.5 Å². The molecule has 2 aliphatic carbocycles. The lowest BCUT2D eigenvalue weighted by Crippen LogP contribution is -2.55. The molecule has 2 amide bonds. The molecule has 2 aromatic rings. The lowest BCUT2D eigenvalue weighted by molar-refractivity contribution is -0.140. The maximum absolute atomic E-state index is 13.9. The number of hydrogen-bond donors (Lipinski definition) is 3. The molecule has 3 N–H and O–H groups in total. The van der Waals surface area contributed by atoms with Crippen LogP contribution in [0.2, 0.25) is 0 Å². The van der Waals surface area contributed by atoms with Gasteiger partial charge in [-0.25, -0.2) is 0 Å². The van der Waals surface area contributed by atoms with Crippen LogP contribution in [-0.2, 0) is 16.1 Å². The zero-order valence-electron chi connectivity index (χ0n) is 23.1. The Hall–Kier alpha value is -2.96. The maximum atomic E-state index is 13.9. The van der Waals surface area contributed by atoms with Crippen molar-refractivity contribution in [3.63, 3.8) is 0 Å². The normalized spacial score (nSPS) is 20.7. The van der Waals surface area contributed by atoms with Crippen molar-refractivity contribution in [1.29, 1.82) is 0 Å². The van der Waals surface area contributed by atoms with E-state index in [0.29, 0.717) is 44.8 Å². The van der Waals surface area contributed by atoms with E-state index in [9.17, 15) is 24.6 Å². The smallest absolute Gasteiger partial charge is 0.247 e. The van der Waals surface area contributed by atoms with Gasteiger partial charge in [-0.3, -0.25) is 14.4 Å². The van der Waals surface area contributed by atoms with Gasteiger partial charge >= 0.3 is 0 Å². The van der Waals surface area contributed by atoms with Crippen LogP contribution in [0, 0.1) is 9.49 Å². The minimum absolute atomic E-state index is 0.0666. The number of nitrogens with zero attached hydrogens (tertiary/aromatic N) is 1. The van der Waals surface area contributed by atoms with Crippen LogP contribution in [0.3, 0.4) is 0 Å². The molecule has 4 rings (SSSR count).